The summed E-state index contributed by atoms with van der Waals surface area (Å²) in [5.74, 6) is -0.0183. The van der Waals surface area contributed by atoms with Crippen molar-refractivity contribution in [3.63, 3.8) is 0 Å². The van der Waals surface area contributed by atoms with Gasteiger partial charge in [-0.2, -0.15) is 0 Å². The van der Waals surface area contributed by atoms with E-state index < -0.39 is 11.3 Å². The van der Waals surface area contributed by atoms with Crippen molar-refractivity contribution in [2.24, 2.45) is 0 Å². The molecule has 27 heavy (non-hydrogen) atoms. The number of esters is 1. The molecular formula is C18H15BrCl3NO4. The highest BCUT2D eigenvalue weighted by molar-refractivity contribution is 9.10. The molecule has 1 amide bonds. The van der Waals surface area contributed by atoms with Gasteiger partial charge in [0.1, 0.15) is 11.1 Å². The van der Waals surface area contributed by atoms with Crippen LogP contribution >= 0.6 is 50.7 Å². The minimum atomic E-state index is -0.658. The lowest BCUT2D eigenvalue weighted by Gasteiger charge is -2.13. The zero-order chi connectivity index (χ0) is 20.1. The number of hydrogen-bond donors (Lipinski definition) is 1. The molecule has 9 heteroatoms. The Morgan fingerprint density at radius 2 is 1.81 bits per heavy atom. The molecule has 0 aliphatic rings. The minimum absolute atomic E-state index is 0.0508. The highest BCUT2D eigenvalue weighted by Crippen LogP contribution is 2.39. The number of carbonyl (C=O) groups excluding carboxylic acids is 2. The Bertz CT molecular complexity index is 851. The highest BCUT2D eigenvalue weighted by atomic mass is 79.9. The molecule has 5 nitrogen and oxygen atoms in total. The molecule has 0 saturated carbocycles. The van der Waals surface area contributed by atoms with Crippen LogP contribution in [-0.2, 0) is 20.7 Å². The van der Waals surface area contributed by atoms with Crippen LogP contribution in [0.3, 0.4) is 0 Å². The lowest BCUT2D eigenvalue weighted by molar-refractivity contribution is -0.139. The third-order valence-corrected chi connectivity index (χ3v) is 4.83. The maximum Gasteiger partial charge on any atom is 0.309 e. The van der Waals surface area contributed by atoms with E-state index in [9.17, 15) is 9.59 Å². The van der Waals surface area contributed by atoms with Gasteiger partial charge in [0, 0.05) is 4.47 Å². The maximum atomic E-state index is 11.7. The second kappa shape index (κ2) is 9.64. The van der Waals surface area contributed by atoms with E-state index in [1.165, 1.54) is 7.11 Å². The first kappa shape index (κ1) is 21.8. The van der Waals surface area contributed by atoms with E-state index in [1.54, 1.807) is 37.3 Å². The molecule has 144 valence electrons. The van der Waals surface area contributed by atoms with Crippen molar-refractivity contribution in [1.29, 1.82) is 0 Å². The summed E-state index contributed by atoms with van der Waals surface area (Å²) >= 11 is 21.6. The number of nitrogens with one attached hydrogen (secondary N) is 1. The monoisotopic (exact) mass is 493 g/mol. The average Bonchev–Trinajstić information content (AvgIpc) is 2.60. The van der Waals surface area contributed by atoms with E-state index in [0.29, 0.717) is 21.5 Å². The largest absolute Gasteiger partial charge is 0.469 e. The number of carbonyl (C=O) groups is 2. The first-order valence-electron chi connectivity index (χ1n) is 7.68. The van der Waals surface area contributed by atoms with Gasteiger partial charge in [-0.15, -0.1) is 11.6 Å². The molecule has 0 saturated heterocycles. The van der Waals surface area contributed by atoms with Crippen LogP contribution in [0.15, 0.2) is 34.8 Å². The molecule has 0 spiro atoms. The fourth-order valence-electron chi connectivity index (χ4n) is 2.06. The Kier molecular flexibility index (Phi) is 7.79. The Balaban J connectivity index is 2.20. The van der Waals surface area contributed by atoms with Gasteiger partial charge < -0.3 is 14.8 Å². The van der Waals surface area contributed by atoms with Gasteiger partial charge in [-0.3, -0.25) is 9.59 Å². The van der Waals surface area contributed by atoms with Crippen molar-refractivity contribution in [3.8, 4) is 11.5 Å². The van der Waals surface area contributed by atoms with Crippen molar-refractivity contribution in [1.82, 2.24) is 0 Å². The van der Waals surface area contributed by atoms with Crippen molar-refractivity contribution in [3.05, 3.63) is 50.4 Å². The quantitative estimate of drug-likeness (QED) is 0.405. The summed E-state index contributed by atoms with van der Waals surface area (Å²) in [5.41, 5.74) is 1.16. The van der Waals surface area contributed by atoms with Crippen molar-refractivity contribution >= 4 is 68.3 Å². The van der Waals surface area contributed by atoms with Crippen LogP contribution in [0.4, 0.5) is 5.69 Å². The zero-order valence-electron chi connectivity index (χ0n) is 14.3. The van der Waals surface area contributed by atoms with E-state index in [0.717, 1.165) is 0 Å². The van der Waals surface area contributed by atoms with Crippen molar-refractivity contribution < 1.29 is 19.1 Å². The van der Waals surface area contributed by atoms with Gasteiger partial charge in [0.2, 0.25) is 5.91 Å². The number of ether oxygens (including phenoxy) is 2. The third-order valence-electron chi connectivity index (χ3n) is 3.41. The molecule has 2 rings (SSSR count). The predicted molar refractivity (Wildman–Crippen MR) is 110 cm³/mol. The number of rotatable bonds is 6. The van der Waals surface area contributed by atoms with Crippen LogP contribution in [0.1, 0.15) is 12.5 Å². The molecule has 2 aromatic carbocycles. The van der Waals surface area contributed by atoms with E-state index in [-0.39, 0.29) is 28.1 Å². The molecule has 1 atom stereocenters. The predicted octanol–water partition coefficient (Wildman–Crippen LogP) is 5.83. The Morgan fingerprint density at radius 3 is 2.33 bits per heavy atom. The molecule has 1 unspecified atom stereocenters. The van der Waals surface area contributed by atoms with Gasteiger partial charge in [0.15, 0.2) is 5.75 Å². The Morgan fingerprint density at radius 1 is 1.19 bits per heavy atom. The highest BCUT2D eigenvalue weighted by Gasteiger charge is 2.15. The number of anilines is 1. The number of methoxy groups -OCH3 is 1. The molecule has 0 aromatic heterocycles. The molecule has 2 aromatic rings. The topological polar surface area (TPSA) is 64.6 Å². The molecule has 0 bridgehead atoms. The second-order valence-corrected chi connectivity index (χ2v) is 7.81. The van der Waals surface area contributed by atoms with Gasteiger partial charge in [-0.1, -0.05) is 23.2 Å². The number of benzene rings is 2. The minimum Gasteiger partial charge on any atom is -0.469 e. The third kappa shape index (κ3) is 6.01. The Labute approximate surface area is 180 Å². The van der Waals surface area contributed by atoms with E-state index >= 15 is 0 Å². The molecule has 1 N–H and O–H groups in total. The Hall–Kier alpha value is -1.47. The second-order valence-electron chi connectivity index (χ2n) is 5.49. The smallest absolute Gasteiger partial charge is 0.309 e. The first-order valence-corrected chi connectivity index (χ1v) is 9.67. The summed E-state index contributed by atoms with van der Waals surface area (Å²) < 4.78 is 11.0. The van der Waals surface area contributed by atoms with Crippen LogP contribution < -0.4 is 10.1 Å². The lowest BCUT2D eigenvalue weighted by atomic mass is 10.1. The summed E-state index contributed by atoms with van der Waals surface area (Å²) in [6.07, 6.45) is 0.0508. The summed E-state index contributed by atoms with van der Waals surface area (Å²) in [7, 11) is 1.31. The van der Waals surface area contributed by atoms with E-state index in [4.69, 9.17) is 39.5 Å². The average molecular weight is 496 g/mol. The van der Waals surface area contributed by atoms with Gasteiger partial charge in [0.05, 0.1) is 29.3 Å². The van der Waals surface area contributed by atoms with Crippen LogP contribution in [0.2, 0.25) is 10.0 Å². The van der Waals surface area contributed by atoms with Crippen LogP contribution in [0.5, 0.6) is 11.5 Å². The SMILES string of the molecule is COC(=O)Cc1cc(Cl)c(Oc2ccc(NC(=O)C(C)Cl)c(Br)c2)c(Cl)c1. The molecule has 0 radical (unpaired) electrons. The summed E-state index contributed by atoms with van der Waals surface area (Å²) in [6, 6.07) is 8.14. The lowest BCUT2D eigenvalue weighted by Crippen LogP contribution is -2.20. The number of alkyl halides is 1. The van der Waals surface area contributed by atoms with Gasteiger partial charge >= 0.3 is 5.97 Å². The van der Waals surface area contributed by atoms with Gasteiger partial charge in [-0.25, -0.2) is 0 Å². The van der Waals surface area contributed by atoms with Crippen LogP contribution in [0.25, 0.3) is 0 Å². The van der Waals surface area contributed by atoms with Gasteiger partial charge in [-0.05, 0) is 58.7 Å². The summed E-state index contributed by atoms with van der Waals surface area (Å²) in [6.45, 7) is 1.58. The summed E-state index contributed by atoms with van der Waals surface area (Å²) in [5, 5.41) is 2.54. The number of amides is 1. The standard InChI is InChI=1S/C18H15BrCl3NO4/c1-9(20)18(25)23-15-4-3-11(8-12(15)19)27-17-13(21)5-10(6-14(17)22)7-16(24)26-2/h3-6,8-9H,7H2,1-2H3,(H,23,25). The first-order chi connectivity index (χ1) is 12.7. The van der Waals surface area contributed by atoms with Crippen LogP contribution in [0, 0.1) is 0 Å². The zero-order valence-corrected chi connectivity index (χ0v) is 18.2. The number of hydrogen-bond acceptors (Lipinski definition) is 4. The number of halogens is 4. The molecule has 0 aliphatic carbocycles. The molecule has 0 fully saturated rings. The normalized spacial score (nSPS) is 11.6. The molecular weight excluding hydrogens is 480 g/mol. The van der Waals surface area contributed by atoms with Crippen molar-refractivity contribution in [2.45, 2.75) is 18.7 Å². The summed E-state index contributed by atoms with van der Waals surface area (Å²) in [4.78, 5) is 23.1. The maximum absolute atomic E-state index is 11.7. The fraction of sp³-hybridized carbons (Fsp3) is 0.222. The van der Waals surface area contributed by atoms with Crippen LogP contribution in [-0.4, -0.2) is 24.4 Å². The van der Waals surface area contributed by atoms with E-state index in [1.807, 2.05) is 0 Å². The fourth-order valence-corrected chi connectivity index (χ4v) is 3.18. The van der Waals surface area contributed by atoms with Crippen molar-refractivity contribution in [2.75, 3.05) is 12.4 Å². The van der Waals surface area contributed by atoms with E-state index in [2.05, 4.69) is 26.0 Å². The molecule has 0 heterocycles. The van der Waals surface area contributed by atoms with Gasteiger partial charge in [0.25, 0.3) is 0 Å². The molecule has 0 aliphatic heterocycles.